The highest BCUT2D eigenvalue weighted by atomic mass is 35.5. The average molecular weight is 262 g/mol. The molecule has 0 aliphatic heterocycles. The fourth-order valence-electron chi connectivity index (χ4n) is 1.71. The van der Waals surface area contributed by atoms with Crippen molar-refractivity contribution < 1.29 is 10.3 Å². The van der Waals surface area contributed by atoms with Crippen LogP contribution in [0.15, 0.2) is 53.7 Å². The van der Waals surface area contributed by atoms with Crippen LogP contribution >= 0.6 is 11.6 Å². The van der Waals surface area contributed by atoms with Gasteiger partial charge in [0.1, 0.15) is 5.75 Å². The molecular formula is C14H12ClNO2. The maximum absolute atomic E-state index is 9.76. The second-order valence-electron chi connectivity index (χ2n) is 3.87. The van der Waals surface area contributed by atoms with Crippen molar-refractivity contribution in [1.29, 1.82) is 0 Å². The molecule has 4 heteroatoms. The van der Waals surface area contributed by atoms with Crippen LogP contribution in [-0.4, -0.2) is 16.0 Å². The molecule has 0 aliphatic carbocycles. The summed E-state index contributed by atoms with van der Waals surface area (Å²) in [5.41, 5.74) is 1.81. The van der Waals surface area contributed by atoms with Gasteiger partial charge in [0, 0.05) is 17.0 Å². The maximum atomic E-state index is 9.76. The lowest BCUT2D eigenvalue weighted by molar-refractivity contribution is 0.318. The fourth-order valence-corrected chi connectivity index (χ4v) is 1.89. The third kappa shape index (κ3) is 2.81. The van der Waals surface area contributed by atoms with E-state index in [-0.39, 0.29) is 5.75 Å². The topological polar surface area (TPSA) is 52.8 Å². The van der Waals surface area contributed by atoms with Crippen molar-refractivity contribution >= 4 is 17.3 Å². The molecule has 2 rings (SSSR count). The van der Waals surface area contributed by atoms with Gasteiger partial charge in [-0.3, -0.25) is 0 Å². The summed E-state index contributed by atoms with van der Waals surface area (Å²) < 4.78 is 0. The first-order valence-corrected chi connectivity index (χ1v) is 5.82. The summed E-state index contributed by atoms with van der Waals surface area (Å²) >= 11 is 5.87. The van der Waals surface area contributed by atoms with Crippen LogP contribution < -0.4 is 0 Å². The molecule has 0 spiro atoms. The molecule has 0 bridgehead atoms. The van der Waals surface area contributed by atoms with Gasteiger partial charge < -0.3 is 10.3 Å². The zero-order valence-corrected chi connectivity index (χ0v) is 10.3. The maximum Gasteiger partial charge on any atom is 0.124 e. The number of hydrogen-bond donors (Lipinski definition) is 2. The van der Waals surface area contributed by atoms with Crippen LogP contribution in [0.2, 0.25) is 5.02 Å². The number of phenolic OH excluding ortho intramolecular Hbond substituents is 1. The minimum atomic E-state index is 0.0446. The molecule has 2 aromatic rings. The quantitative estimate of drug-likeness (QED) is 0.505. The third-order valence-electron chi connectivity index (χ3n) is 2.60. The molecule has 0 amide bonds. The summed E-state index contributed by atoms with van der Waals surface area (Å²) in [6.45, 7) is 0. The second kappa shape index (κ2) is 5.56. The van der Waals surface area contributed by atoms with Crippen molar-refractivity contribution in [3.8, 4) is 5.75 Å². The van der Waals surface area contributed by atoms with Crippen LogP contribution in [0.5, 0.6) is 5.75 Å². The first-order valence-electron chi connectivity index (χ1n) is 5.44. The normalized spacial score (nSPS) is 11.5. The molecule has 0 aromatic heterocycles. The summed E-state index contributed by atoms with van der Waals surface area (Å²) in [7, 11) is 0. The summed E-state index contributed by atoms with van der Waals surface area (Å²) in [5.74, 6) is 0.0446. The Kier molecular flexibility index (Phi) is 3.85. The van der Waals surface area contributed by atoms with Gasteiger partial charge in [0.05, 0.1) is 5.71 Å². The van der Waals surface area contributed by atoms with E-state index >= 15 is 0 Å². The van der Waals surface area contributed by atoms with Crippen LogP contribution in [0.4, 0.5) is 0 Å². The third-order valence-corrected chi connectivity index (χ3v) is 2.84. The molecule has 0 saturated heterocycles. The summed E-state index contributed by atoms with van der Waals surface area (Å²) in [6.07, 6.45) is 0.422. The highest BCUT2D eigenvalue weighted by Crippen LogP contribution is 2.23. The Morgan fingerprint density at radius 1 is 1.11 bits per heavy atom. The minimum absolute atomic E-state index is 0.0446. The van der Waals surface area contributed by atoms with Gasteiger partial charge in [0.2, 0.25) is 0 Å². The van der Waals surface area contributed by atoms with Gasteiger partial charge in [0.25, 0.3) is 0 Å². The van der Waals surface area contributed by atoms with E-state index in [9.17, 15) is 5.11 Å². The number of oxime groups is 1. The van der Waals surface area contributed by atoms with Crippen molar-refractivity contribution in [3.63, 3.8) is 0 Å². The Bertz CT molecular complexity index is 567. The zero-order chi connectivity index (χ0) is 13.0. The summed E-state index contributed by atoms with van der Waals surface area (Å²) in [6, 6.07) is 14.2. The van der Waals surface area contributed by atoms with E-state index in [4.69, 9.17) is 16.8 Å². The Hall–Kier alpha value is -2.00. The second-order valence-corrected chi connectivity index (χ2v) is 4.31. The van der Waals surface area contributed by atoms with E-state index in [1.165, 1.54) is 6.07 Å². The Balaban J connectivity index is 2.32. The molecule has 0 fully saturated rings. The number of nitrogens with zero attached hydrogens (tertiary/aromatic N) is 1. The zero-order valence-electron chi connectivity index (χ0n) is 9.55. The summed E-state index contributed by atoms with van der Waals surface area (Å²) in [4.78, 5) is 0. The lowest BCUT2D eigenvalue weighted by Crippen LogP contribution is -2.05. The first kappa shape index (κ1) is 12.5. The van der Waals surface area contributed by atoms with Crippen LogP contribution in [0, 0.1) is 0 Å². The fraction of sp³-hybridized carbons (Fsp3) is 0.0714. The molecule has 3 nitrogen and oxygen atoms in total. The molecule has 0 unspecified atom stereocenters. The monoisotopic (exact) mass is 261 g/mol. The molecule has 92 valence electrons. The molecule has 0 saturated carbocycles. The summed E-state index contributed by atoms with van der Waals surface area (Å²) in [5, 5.41) is 22.6. The number of aromatic hydroxyl groups is 1. The predicted octanol–water partition coefficient (Wildman–Crippen LogP) is 3.47. The Morgan fingerprint density at radius 2 is 1.83 bits per heavy atom. The van der Waals surface area contributed by atoms with E-state index in [0.717, 1.165) is 5.56 Å². The molecule has 0 aliphatic rings. The van der Waals surface area contributed by atoms with Gasteiger partial charge in [-0.25, -0.2) is 0 Å². The minimum Gasteiger partial charge on any atom is -0.507 e. The highest BCUT2D eigenvalue weighted by Gasteiger charge is 2.11. The Labute approximate surface area is 110 Å². The van der Waals surface area contributed by atoms with Gasteiger partial charge in [-0.1, -0.05) is 47.1 Å². The average Bonchev–Trinajstić information content (AvgIpc) is 2.40. The standard InChI is InChI=1S/C14H12ClNO2/c15-11-6-7-14(17)12(9-11)13(16-18)8-10-4-2-1-3-5-10/h1-7,9,17-18H,8H2/b16-13-. The van der Waals surface area contributed by atoms with Crippen LogP contribution in [0.25, 0.3) is 0 Å². The number of halogens is 1. The molecule has 18 heavy (non-hydrogen) atoms. The number of benzene rings is 2. The molecule has 0 atom stereocenters. The smallest absolute Gasteiger partial charge is 0.124 e. The number of phenols is 1. The van der Waals surface area contributed by atoms with Crippen LogP contribution in [0.3, 0.4) is 0 Å². The van der Waals surface area contributed by atoms with Gasteiger partial charge in [0.15, 0.2) is 0 Å². The van der Waals surface area contributed by atoms with Gasteiger partial charge in [-0.2, -0.15) is 0 Å². The highest BCUT2D eigenvalue weighted by molar-refractivity contribution is 6.31. The lowest BCUT2D eigenvalue weighted by Gasteiger charge is -2.07. The molecule has 2 aromatic carbocycles. The molecule has 0 radical (unpaired) electrons. The van der Waals surface area contributed by atoms with Crippen LogP contribution in [0.1, 0.15) is 11.1 Å². The molecule has 2 N–H and O–H groups in total. The van der Waals surface area contributed by atoms with Gasteiger partial charge in [-0.05, 0) is 23.8 Å². The van der Waals surface area contributed by atoms with Crippen molar-refractivity contribution in [2.75, 3.05) is 0 Å². The van der Waals surface area contributed by atoms with Crippen molar-refractivity contribution in [3.05, 3.63) is 64.7 Å². The van der Waals surface area contributed by atoms with Gasteiger partial charge in [-0.15, -0.1) is 0 Å². The van der Waals surface area contributed by atoms with Crippen molar-refractivity contribution in [1.82, 2.24) is 0 Å². The van der Waals surface area contributed by atoms with E-state index in [1.54, 1.807) is 12.1 Å². The lowest BCUT2D eigenvalue weighted by atomic mass is 10.0. The molecular weight excluding hydrogens is 250 g/mol. The van der Waals surface area contributed by atoms with Crippen LogP contribution in [-0.2, 0) is 6.42 Å². The van der Waals surface area contributed by atoms with E-state index < -0.39 is 0 Å². The van der Waals surface area contributed by atoms with Gasteiger partial charge >= 0.3 is 0 Å². The van der Waals surface area contributed by atoms with E-state index in [1.807, 2.05) is 30.3 Å². The largest absolute Gasteiger partial charge is 0.507 e. The Morgan fingerprint density at radius 3 is 2.50 bits per heavy atom. The molecule has 0 heterocycles. The number of hydrogen-bond acceptors (Lipinski definition) is 3. The SMILES string of the molecule is O/N=C(/Cc1ccccc1)c1cc(Cl)ccc1O. The first-order chi connectivity index (χ1) is 8.70. The van der Waals surface area contributed by atoms with Crippen molar-refractivity contribution in [2.24, 2.45) is 5.16 Å². The van der Waals surface area contributed by atoms with E-state index in [2.05, 4.69) is 5.16 Å². The van der Waals surface area contributed by atoms with E-state index in [0.29, 0.717) is 22.7 Å². The number of rotatable bonds is 3. The van der Waals surface area contributed by atoms with Crippen molar-refractivity contribution in [2.45, 2.75) is 6.42 Å². The predicted molar refractivity (Wildman–Crippen MR) is 71.6 cm³/mol.